The van der Waals surface area contributed by atoms with E-state index in [2.05, 4.69) is 35.4 Å². The van der Waals surface area contributed by atoms with Crippen LogP contribution in [0.25, 0.3) is 0 Å². The molecule has 0 radical (unpaired) electrons. The topological polar surface area (TPSA) is 48.8 Å². The molecule has 0 bridgehead atoms. The molecule has 1 unspecified atom stereocenters. The summed E-state index contributed by atoms with van der Waals surface area (Å²) in [5, 5.41) is 10.1. The van der Waals surface area contributed by atoms with E-state index >= 15 is 0 Å². The first-order valence-corrected chi connectivity index (χ1v) is 4.29. The van der Waals surface area contributed by atoms with Gasteiger partial charge in [-0.15, -0.1) is 0 Å². The molecule has 0 aliphatic heterocycles. The maximum Gasteiger partial charge on any atom is 0.138 e. The van der Waals surface area contributed by atoms with Crippen molar-refractivity contribution in [1.29, 1.82) is 5.41 Å². The molecule has 1 heterocycles. The lowest BCUT2D eigenvalue weighted by molar-refractivity contribution is 1.32. The Kier molecular flexibility index (Phi) is 2.97. The van der Waals surface area contributed by atoms with Crippen LogP contribution in [0.2, 0.25) is 0 Å². The molecule has 58 valence electrons. The Balaban J connectivity index is 3.12. The summed E-state index contributed by atoms with van der Waals surface area (Å²) in [4.78, 5) is 4.02. The molecular weight excluding hydrogens is 225 g/mol. The molecule has 1 rings (SSSR count). The lowest BCUT2D eigenvalue weighted by Gasteiger charge is -2.03. The lowest BCUT2D eigenvalue weighted by atomic mass is 10.3. The van der Waals surface area contributed by atoms with Crippen molar-refractivity contribution in [3.8, 4) is 0 Å². The van der Waals surface area contributed by atoms with Crippen LogP contribution in [-0.2, 0) is 0 Å². The Bertz CT molecular complexity index is 276. The maximum absolute atomic E-state index is 7.31. The fourth-order valence-corrected chi connectivity index (χ4v) is 1.25. The van der Waals surface area contributed by atoms with Crippen molar-refractivity contribution in [1.82, 2.24) is 4.98 Å². The van der Waals surface area contributed by atoms with Crippen LogP contribution in [0.5, 0.6) is 0 Å². The molecule has 0 aromatic carbocycles. The fourth-order valence-electron chi connectivity index (χ4n) is 0.697. The molecule has 0 aliphatic rings. The summed E-state index contributed by atoms with van der Waals surface area (Å²) in [6, 6.07) is 3.60. The minimum Gasteiger partial charge on any atom is -0.354 e. The van der Waals surface area contributed by atoms with Gasteiger partial charge in [-0.2, -0.15) is 0 Å². The van der Waals surface area contributed by atoms with Crippen LogP contribution in [0.4, 0.5) is 5.82 Å². The van der Waals surface area contributed by atoms with Gasteiger partial charge in [-0.25, -0.2) is 4.98 Å². The third-order valence-electron chi connectivity index (χ3n) is 1.18. The number of halogens is 1. The summed E-state index contributed by atoms with van der Waals surface area (Å²) in [5.41, 5.74) is 0.752. The number of anilines is 1. The number of pyridine rings is 1. The van der Waals surface area contributed by atoms with Gasteiger partial charge in [0.1, 0.15) is 10.4 Å². The molecule has 0 saturated carbocycles. The molecule has 11 heavy (non-hydrogen) atoms. The van der Waals surface area contributed by atoms with Gasteiger partial charge in [0.05, 0.1) is 0 Å². The summed E-state index contributed by atoms with van der Waals surface area (Å²) < 4.78 is 0.329. The molecular formula is C6H7BrN3P. The smallest absolute Gasteiger partial charge is 0.138 e. The number of hydrogen-bond donors (Lipinski definition) is 2. The lowest BCUT2D eigenvalue weighted by Crippen LogP contribution is -1.95. The minimum absolute atomic E-state index is 0.329. The van der Waals surface area contributed by atoms with E-state index in [1.807, 2.05) is 6.07 Å². The molecule has 1 aromatic rings. The molecule has 1 aromatic heterocycles. The summed E-state index contributed by atoms with van der Waals surface area (Å²) in [6.07, 6.45) is 1.67. The van der Waals surface area contributed by atoms with E-state index in [0.717, 1.165) is 5.56 Å². The molecule has 0 aliphatic carbocycles. The first kappa shape index (κ1) is 8.62. The van der Waals surface area contributed by atoms with E-state index in [1.165, 1.54) is 0 Å². The van der Waals surface area contributed by atoms with E-state index in [1.54, 1.807) is 12.3 Å². The second kappa shape index (κ2) is 3.79. The number of hydrogen-bond acceptors (Lipinski definition) is 3. The van der Waals surface area contributed by atoms with Crippen molar-refractivity contribution in [2.24, 2.45) is 0 Å². The van der Waals surface area contributed by atoms with Crippen LogP contribution in [0, 0.1) is 5.41 Å². The Labute approximate surface area is 75.5 Å². The number of nitrogens with zero attached hydrogens (tertiary/aromatic N) is 1. The number of aromatic nitrogens is 1. The second-order valence-electron chi connectivity index (χ2n) is 1.86. The molecule has 0 saturated heterocycles. The van der Waals surface area contributed by atoms with Crippen molar-refractivity contribution in [2.45, 2.75) is 0 Å². The van der Waals surface area contributed by atoms with Crippen LogP contribution in [0.15, 0.2) is 18.3 Å². The summed E-state index contributed by atoms with van der Waals surface area (Å²) >= 11 is 3.07. The third-order valence-corrected chi connectivity index (χ3v) is 1.88. The maximum atomic E-state index is 7.31. The van der Waals surface area contributed by atoms with E-state index < -0.39 is 0 Å². The van der Waals surface area contributed by atoms with Gasteiger partial charge < -0.3 is 5.09 Å². The highest BCUT2D eigenvalue weighted by atomic mass is 79.9. The van der Waals surface area contributed by atoms with Crippen LogP contribution < -0.4 is 5.09 Å². The van der Waals surface area contributed by atoms with E-state index in [-0.39, 0.29) is 0 Å². The Hall–Kier alpha value is -0.470. The molecule has 2 N–H and O–H groups in total. The molecule has 5 heteroatoms. The summed E-state index contributed by atoms with van der Waals surface area (Å²) in [7, 11) is 2.34. The average Bonchev–Trinajstić information content (AvgIpc) is 2.04. The SMILES string of the molecule is N=C(Br)c1cccnc1NP. The van der Waals surface area contributed by atoms with Crippen molar-refractivity contribution in [3.05, 3.63) is 23.9 Å². The van der Waals surface area contributed by atoms with Crippen molar-refractivity contribution in [2.75, 3.05) is 5.09 Å². The fraction of sp³-hybridized carbons (Fsp3) is 0. The van der Waals surface area contributed by atoms with Crippen molar-refractivity contribution >= 4 is 35.8 Å². The monoisotopic (exact) mass is 231 g/mol. The molecule has 0 spiro atoms. The van der Waals surface area contributed by atoms with Gasteiger partial charge in [0.25, 0.3) is 0 Å². The number of nitrogens with one attached hydrogen (secondary N) is 2. The van der Waals surface area contributed by atoms with E-state index in [4.69, 9.17) is 5.41 Å². The molecule has 0 amide bonds. The highest BCUT2D eigenvalue weighted by Crippen LogP contribution is 2.15. The highest BCUT2D eigenvalue weighted by Gasteiger charge is 2.02. The second-order valence-corrected chi connectivity index (χ2v) is 2.94. The van der Waals surface area contributed by atoms with Crippen molar-refractivity contribution in [3.63, 3.8) is 0 Å². The van der Waals surface area contributed by atoms with Crippen LogP contribution in [0.3, 0.4) is 0 Å². The predicted octanol–water partition coefficient (Wildman–Crippen LogP) is 2.00. The average molecular weight is 232 g/mol. The van der Waals surface area contributed by atoms with Crippen LogP contribution in [-0.4, -0.2) is 9.60 Å². The highest BCUT2D eigenvalue weighted by molar-refractivity contribution is 9.18. The molecule has 3 nitrogen and oxygen atoms in total. The Morgan fingerprint density at radius 2 is 2.45 bits per heavy atom. The Morgan fingerprint density at radius 1 is 1.73 bits per heavy atom. The van der Waals surface area contributed by atoms with Gasteiger partial charge in [-0.1, -0.05) is 0 Å². The van der Waals surface area contributed by atoms with Gasteiger partial charge >= 0.3 is 0 Å². The quantitative estimate of drug-likeness (QED) is 0.605. The van der Waals surface area contributed by atoms with E-state index in [0.29, 0.717) is 10.4 Å². The van der Waals surface area contributed by atoms with Gasteiger partial charge in [0, 0.05) is 11.8 Å². The van der Waals surface area contributed by atoms with E-state index in [9.17, 15) is 0 Å². The number of rotatable bonds is 2. The molecule has 0 fully saturated rings. The minimum atomic E-state index is 0.329. The van der Waals surface area contributed by atoms with Gasteiger partial charge in [-0.3, -0.25) is 5.41 Å². The normalized spacial score (nSPS) is 9.27. The van der Waals surface area contributed by atoms with Crippen LogP contribution >= 0.6 is 25.3 Å². The first-order valence-electron chi connectivity index (χ1n) is 2.91. The molecule has 1 atom stereocenters. The van der Waals surface area contributed by atoms with Gasteiger partial charge in [0.15, 0.2) is 0 Å². The largest absolute Gasteiger partial charge is 0.354 e. The zero-order chi connectivity index (χ0) is 8.27. The zero-order valence-corrected chi connectivity index (χ0v) is 8.38. The van der Waals surface area contributed by atoms with Crippen molar-refractivity contribution < 1.29 is 0 Å². The predicted molar refractivity (Wildman–Crippen MR) is 53.3 cm³/mol. The Morgan fingerprint density at radius 3 is 2.91 bits per heavy atom. The zero-order valence-electron chi connectivity index (χ0n) is 5.63. The summed E-state index contributed by atoms with van der Waals surface area (Å²) in [5.74, 6) is 0.680. The third kappa shape index (κ3) is 1.98. The van der Waals surface area contributed by atoms with Crippen LogP contribution in [0.1, 0.15) is 5.56 Å². The van der Waals surface area contributed by atoms with Gasteiger partial charge in [0.2, 0.25) is 0 Å². The van der Waals surface area contributed by atoms with Gasteiger partial charge in [-0.05, 0) is 37.5 Å². The standard InChI is InChI=1S/C6H7BrN3P/c7-5(8)4-2-1-3-9-6(4)10-11/h1-3,8H,11H2,(H,9,10). The first-order chi connectivity index (χ1) is 5.25. The summed E-state index contributed by atoms with van der Waals surface area (Å²) in [6.45, 7) is 0.